The fourth-order valence-corrected chi connectivity index (χ4v) is 3.75. The van der Waals surface area contributed by atoms with E-state index in [1.807, 2.05) is 38.1 Å². The van der Waals surface area contributed by atoms with E-state index in [0.717, 1.165) is 5.56 Å². The second-order valence-corrected chi connectivity index (χ2v) is 8.17. The van der Waals surface area contributed by atoms with Crippen molar-refractivity contribution < 1.29 is 24.2 Å². The van der Waals surface area contributed by atoms with Crippen molar-refractivity contribution in [2.45, 2.75) is 13.0 Å². The number of likely N-dealkylation sites (tertiary alicyclic amines) is 1. The van der Waals surface area contributed by atoms with Gasteiger partial charge < -0.3 is 24.4 Å². The van der Waals surface area contributed by atoms with Gasteiger partial charge in [0.25, 0.3) is 11.7 Å². The quantitative estimate of drug-likeness (QED) is 0.272. The third kappa shape index (κ3) is 5.09. The number of benzene rings is 2. The van der Waals surface area contributed by atoms with Crippen molar-refractivity contribution >= 4 is 17.4 Å². The van der Waals surface area contributed by atoms with Crippen LogP contribution in [0.1, 0.15) is 22.7 Å². The number of Topliss-reactive ketones (excluding diaryl/α,β-unsaturated/α-hetero) is 1. The predicted molar refractivity (Wildman–Crippen MR) is 127 cm³/mol. The molecule has 0 aliphatic carbocycles. The molecule has 1 saturated heterocycles. The largest absolute Gasteiger partial charge is 0.507 e. The number of carbonyl (C=O) groups is 2. The minimum Gasteiger partial charge on any atom is -0.507 e. The highest BCUT2D eigenvalue weighted by Crippen LogP contribution is 2.41. The van der Waals surface area contributed by atoms with Crippen LogP contribution in [0.25, 0.3) is 5.76 Å². The molecule has 1 aliphatic rings. The summed E-state index contributed by atoms with van der Waals surface area (Å²) >= 11 is 0. The van der Waals surface area contributed by atoms with Gasteiger partial charge in [-0.25, -0.2) is 0 Å². The molecule has 2 aromatic carbocycles. The molecule has 2 aromatic rings. The Morgan fingerprint density at radius 1 is 1.15 bits per heavy atom. The van der Waals surface area contributed by atoms with E-state index in [4.69, 9.17) is 9.47 Å². The lowest BCUT2D eigenvalue weighted by Gasteiger charge is -2.27. The van der Waals surface area contributed by atoms with Crippen LogP contribution in [-0.2, 0) is 9.59 Å². The Kier molecular flexibility index (Phi) is 7.55. The first-order valence-corrected chi connectivity index (χ1v) is 10.7. The summed E-state index contributed by atoms with van der Waals surface area (Å²) in [5, 5.41) is 11.1. The van der Waals surface area contributed by atoms with E-state index >= 15 is 0 Å². The zero-order valence-electron chi connectivity index (χ0n) is 19.5. The number of ketones is 1. The van der Waals surface area contributed by atoms with Crippen LogP contribution in [0.2, 0.25) is 0 Å². The van der Waals surface area contributed by atoms with E-state index in [0.29, 0.717) is 42.3 Å². The predicted octanol–water partition coefficient (Wildman–Crippen LogP) is 3.55. The highest BCUT2D eigenvalue weighted by molar-refractivity contribution is 6.46. The maximum absolute atomic E-state index is 13.1. The third-order valence-corrected chi connectivity index (χ3v) is 5.51. The molecule has 0 spiro atoms. The van der Waals surface area contributed by atoms with Gasteiger partial charge in [-0.05, 0) is 38.7 Å². The number of hydrogen-bond donors (Lipinski definition) is 1. The Labute approximate surface area is 194 Å². The summed E-state index contributed by atoms with van der Waals surface area (Å²) in [6.45, 7) is 6.78. The van der Waals surface area contributed by atoms with E-state index in [1.54, 1.807) is 36.4 Å². The molecular formula is C26H30N2O5. The number of methoxy groups -OCH3 is 1. The van der Waals surface area contributed by atoms with Crippen LogP contribution >= 0.6 is 0 Å². The summed E-state index contributed by atoms with van der Waals surface area (Å²) in [7, 11) is 5.31. The average Bonchev–Trinajstić information content (AvgIpc) is 3.06. The Bertz CT molecular complexity index is 1070. The molecule has 1 amide bonds. The van der Waals surface area contributed by atoms with Gasteiger partial charge in [0.15, 0.2) is 11.5 Å². The number of aliphatic hydroxyl groups excluding tert-OH is 1. The first-order valence-electron chi connectivity index (χ1n) is 10.7. The van der Waals surface area contributed by atoms with Crippen LogP contribution in [0.3, 0.4) is 0 Å². The maximum Gasteiger partial charge on any atom is 0.295 e. The van der Waals surface area contributed by atoms with Crippen LogP contribution in [0, 0.1) is 6.92 Å². The molecule has 174 valence electrons. The molecule has 1 N–H and O–H groups in total. The highest BCUT2D eigenvalue weighted by Gasteiger charge is 2.46. The van der Waals surface area contributed by atoms with Gasteiger partial charge in [0.1, 0.15) is 12.4 Å². The molecule has 1 atom stereocenters. The summed E-state index contributed by atoms with van der Waals surface area (Å²) in [6.07, 6.45) is 1.63. The molecular weight excluding hydrogens is 420 g/mol. The summed E-state index contributed by atoms with van der Waals surface area (Å²) < 4.78 is 11.1. The van der Waals surface area contributed by atoms with E-state index in [9.17, 15) is 14.7 Å². The van der Waals surface area contributed by atoms with Crippen LogP contribution in [0.5, 0.6) is 11.5 Å². The normalized spacial score (nSPS) is 17.5. The van der Waals surface area contributed by atoms with Gasteiger partial charge in [0, 0.05) is 18.7 Å². The Morgan fingerprint density at radius 2 is 1.85 bits per heavy atom. The number of amides is 1. The van der Waals surface area contributed by atoms with Crippen molar-refractivity contribution in [2.24, 2.45) is 0 Å². The molecule has 0 bridgehead atoms. The molecule has 33 heavy (non-hydrogen) atoms. The Balaban J connectivity index is 2.15. The van der Waals surface area contributed by atoms with E-state index in [1.165, 1.54) is 12.0 Å². The zero-order valence-corrected chi connectivity index (χ0v) is 19.5. The lowest BCUT2D eigenvalue weighted by atomic mass is 9.94. The Hall–Kier alpha value is -3.58. The van der Waals surface area contributed by atoms with Gasteiger partial charge in [0.2, 0.25) is 0 Å². The molecule has 1 fully saturated rings. The number of carbonyl (C=O) groups excluding carboxylic acids is 2. The smallest absolute Gasteiger partial charge is 0.295 e. The van der Waals surface area contributed by atoms with Crippen molar-refractivity contribution in [2.75, 3.05) is 40.9 Å². The van der Waals surface area contributed by atoms with Crippen molar-refractivity contribution in [3.63, 3.8) is 0 Å². The number of aryl methyl sites for hydroxylation is 1. The monoisotopic (exact) mass is 450 g/mol. The molecule has 1 aliphatic heterocycles. The molecule has 1 heterocycles. The lowest BCUT2D eigenvalue weighted by molar-refractivity contribution is -0.140. The first-order chi connectivity index (χ1) is 15.8. The van der Waals surface area contributed by atoms with Crippen LogP contribution in [-0.4, -0.2) is 67.5 Å². The number of hydrogen-bond acceptors (Lipinski definition) is 6. The van der Waals surface area contributed by atoms with Crippen LogP contribution < -0.4 is 9.47 Å². The van der Waals surface area contributed by atoms with Gasteiger partial charge in [-0.2, -0.15) is 0 Å². The number of aliphatic hydroxyl groups is 1. The molecule has 7 nitrogen and oxygen atoms in total. The topological polar surface area (TPSA) is 79.3 Å². The number of rotatable bonds is 9. The molecule has 0 saturated carbocycles. The van der Waals surface area contributed by atoms with E-state index in [2.05, 4.69) is 6.58 Å². The Morgan fingerprint density at radius 3 is 2.45 bits per heavy atom. The number of nitrogens with zero attached hydrogens (tertiary/aromatic N) is 2. The van der Waals surface area contributed by atoms with Gasteiger partial charge in [-0.15, -0.1) is 0 Å². The van der Waals surface area contributed by atoms with Gasteiger partial charge in [-0.1, -0.05) is 48.6 Å². The molecule has 0 radical (unpaired) electrons. The van der Waals surface area contributed by atoms with Crippen molar-refractivity contribution in [1.82, 2.24) is 9.80 Å². The van der Waals surface area contributed by atoms with Gasteiger partial charge in [-0.3, -0.25) is 9.59 Å². The molecule has 0 aromatic heterocycles. The fourth-order valence-electron chi connectivity index (χ4n) is 3.75. The second-order valence-electron chi connectivity index (χ2n) is 8.17. The zero-order chi connectivity index (χ0) is 24.1. The van der Waals surface area contributed by atoms with Crippen molar-refractivity contribution in [1.29, 1.82) is 0 Å². The molecule has 1 unspecified atom stereocenters. The lowest BCUT2D eigenvalue weighted by Crippen LogP contribution is -2.35. The summed E-state index contributed by atoms with van der Waals surface area (Å²) in [4.78, 5) is 29.5. The van der Waals surface area contributed by atoms with Gasteiger partial charge >= 0.3 is 0 Å². The minimum absolute atomic E-state index is 0.0597. The molecule has 3 rings (SSSR count). The van der Waals surface area contributed by atoms with Crippen LogP contribution in [0.15, 0.2) is 60.7 Å². The second kappa shape index (κ2) is 10.4. The van der Waals surface area contributed by atoms with Crippen LogP contribution in [0.4, 0.5) is 0 Å². The number of ether oxygens (including phenoxy) is 2. The molecule has 7 heteroatoms. The van der Waals surface area contributed by atoms with Gasteiger partial charge in [0.05, 0.1) is 18.7 Å². The standard InChI is InChI=1S/C26H30N2O5/c1-6-15-33-20-12-11-19(16-21(20)32-5)23-22(24(29)18-9-7-17(2)8-10-18)25(30)26(31)28(23)14-13-27(3)4/h6-12,16,23,29H,1,13-15H2,2-5H3. The summed E-state index contributed by atoms with van der Waals surface area (Å²) in [6, 6.07) is 11.7. The summed E-state index contributed by atoms with van der Waals surface area (Å²) in [5.74, 6) is -0.561. The highest BCUT2D eigenvalue weighted by atomic mass is 16.5. The average molecular weight is 451 g/mol. The first kappa shape index (κ1) is 24.1. The SMILES string of the molecule is C=CCOc1ccc(C2C(=C(O)c3ccc(C)cc3)C(=O)C(=O)N2CCN(C)C)cc1OC. The summed E-state index contributed by atoms with van der Waals surface area (Å²) in [5.41, 5.74) is 2.21. The van der Waals surface area contributed by atoms with E-state index in [-0.39, 0.29) is 11.3 Å². The van der Waals surface area contributed by atoms with E-state index < -0.39 is 17.7 Å². The maximum atomic E-state index is 13.1. The number of likely N-dealkylation sites (N-methyl/N-ethyl adjacent to an activating group) is 1. The minimum atomic E-state index is -0.756. The van der Waals surface area contributed by atoms with Crippen molar-refractivity contribution in [3.8, 4) is 11.5 Å². The third-order valence-electron chi connectivity index (χ3n) is 5.51. The van der Waals surface area contributed by atoms with Crippen molar-refractivity contribution in [3.05, 3.63) is 77.4 Å². The fraction of sp³-hybridized carbons (Fsp3) is 0.308.